The molecule has 1 N–H and O–H groups in total. The molecule has 1 saturated carbocycles. The number of aliphatic hydroxyl groups excluding tert-OH is 1. The van der Waals surface area contributed by atoms with Gasteiger partial charge in [-0.1, -0.05) is 17.9 Å². The van der Waals surface area contributed by atoms with Crippen molar-refractivity contribution in [2.24, 2.45) is 5.92 Å². The highest BCUT2D eigenvalue weighted by atomic mass is 16.2. The van der Waals surface area contributed by atoms with E-state index in [4.69, 9.17) is 5.11 Å². The van der Waals surface area contributed by atoms with Gasteiger partial charge < -0.3 is 10.0 Å². The lowest BCUT2D eigenvalue weighted by Crippen LogP contribution is -2.33. The molecule has 1 aromatic carbocycles. The second kappa shape index (κ2) is 7.28. The van der Waals surface area contributed by atoms with E-state index in [-0.39, 0.29) is 12.5 Å². The fraction of sp³-hybridized carbons (Fsp3) is 0.500. The first-order valence-electron chi connectivity index (χ1n) is 7.65. The highest BCUT2D eigenvalue weighted by Crippen LogP contribution is 2.30. The van der Waals surface area contributed by atoms with Gasteiger partial charge >= 0.3 is 0 Å². The van der Waals surface area contributed by atoms with Crippen LogP contribution in [-0.4, -0.2) is 35.6 Å². The fourth-order valence-corrected chi connectivity index (χ4v) is 2.30. The Bertz CT molecular complexity index is 564. The van der Waals surface area contributed by atoms with E-state index in [9.17, 15) is 4.79 Å². The number of nitrogens with zero attached hydrogens (tertiary/aromatic N) is 1. The number of hydrogen-bond acceptors (Lipinski definition) is 2. The number of benzene rings is 1. The van der Waals surface area contributed by atoms with Gasteiger partial charge in [0.15, 0.2) is 0 Å². The third kappa shape index (κ3) is 4.34. The van der Waals surface area contributed by atoms with E-state index in [1.54, 1.807) is 0 Å². The van der Waals surface area contributed by atoms with E-state index in [0.717, 1.165) is 24.2 Å². The predicted octanol–water partition coefficient (Wildman–Crippen LogP) is 2.60. The summed E-state index contributed by atoms with van der Waals surface area (Å²) in [6.45, 7) is 5.64. The highest BCUT2D eigenvalue weighted by Gasteiger charge is 2.27. The maximum atomic E-state index is 12.7. The third-order valence-electron chi connectivity index (χ3n) is 3.71. The number of amides is 1. The van der Waals surface area contributed by atoms with Gasteiger partial charge in [0.2, 0.25) is 0 Å². The number of aliphatic hydroxyl groups is 1. The van der Waals surface area contributed by atoms with E-state index >= 15 is 0 Å². The van der Waals surface area contributed by atoms with Gasteiger partial charge in [0.25, 0.3) is 5.91 Å². The molecular formula is C18H23NO2. The quantitative estimate of drug-likeness (QED) is 0.845. The molecule has 1 aromatic rings. The largest absolute Gasteiger partial charge is 0.395 e. The summed E-state index contributed by atoms with van der Waals surface area (Å²) in [6, 6.07) is 5.77. The van der Waals surface area contributed by atoms with E-state index in [0.29, 0.717) is 17.9 Å². The van der Waals surface area contributed by atoms with Gasteiger partial charge in [-0.3, -0.25) is 4.79 Å². The summed E-state index contributed by atoms with van der Waals surface area (Å²) in [4.78, 5) is 14.6. The van der Waals surface area contributed by atoms with Crippen molar-refractivity contribution in [1.29, 1.82) is 0 Å². The Hall–Kier alpha value is -1.79. The van der Waals surface area contributed by atoms with Crippen LogP contribution in [0.2, 0.25) is 0 Å². The van der Waals surface area contributed by atoms with Crippen molar-refractivity contribution >= 4 is 5.91 Å². The molecule has 0 saturated heterocycles. The minimum Gasteiger partial charge on any atom is -0.395 e. The Balaban J connectivity index is 2.24. The van der Waals surface area contributed by atoms with Crippen molar-refractivity contribution in [3.63, 3.8) is 0 Å². The van der Waals surface area contributed by atoms with E-state index in [1.165, 1.54) is 12.8 Å². The topological polar surface area (TPSA) is 40.5 Å². The zero-order valence-electron chi connectivity index (χ0n) is 12.9. The summed E-state index contributed by atoms with van der Waals surface area (Å²) in [5.41, 5.74) is 2.53. The summed E-state index contributed by atoms with van der Waals surface area (Å²) < 4.78 is 0. The Labute approximate surface area is 127 Å². The molecule has 0 atom stereocenters. The zero-order valence-corrected chi connectivity index (χ0v) is 12.9. The molecule has 0 heterocycles. The minimum absolute atomic E-state index is 0.0465. The first-order valence-corrected chi connectivity index (χ1v) is 7.65. The van der Waals surface area contributed by atoms with Gasteiger partial charge in [-0.25, -0.2) is 0 Å². The molecule has 0 radical (unpaired) electrons. The van der Waals surface area contributed by atoms with Crippen LogP contribution < -0.4 is 0 Å². The smallest absolute Gasteiger partial charge is 0.255 e. The average molecular weight is 285 g/mol. The third-order valence-corrected chi connectivity index (χ3v) is 3.71. The molecule has 2 rings (SSSR count). The maximum Gasteiger partial charge on any atom is 0.255 e. The van der Waals surface area contributed by atoms with Crippen LogP contribution in [0.15, 0.2) is 18.2 Å². The standard InChI is InChI=1S/C18H23NO2/c1-3-19(13-15-8-9-15)18(21)17-10-7-14(2)12-16(17)6-4-5-11-20/h7,10,12,15,20H,3,5,8-9,11,13H2,1-2H3. The van der Waals surface area contributed by atoms with Crippen LogP contribution in [0.5, 0.6) is 0 Å². The van der Waals surface area contributed by atoms with E-state index < -0.39 is 0 Å². The maximum absolute atomic E-state index is 12.7. The van der Waals surface area contributed by atoms with Crippen LogP contribution in [0.4, 0.5) is 0 Å². The predicted molar refractivity (Wildman–Crippen MR) is 84.1 cm³/mol. The van der Waals surface area contributed by atoms with Crippen LogP contribution in [-0.2, 0) is 0 Å². The summed E-state index contributed by atoms with van der Waals surface area (Å²) in [6.07, 6.45) is 2.91. The van der Waals surface area contributed by atoms with Gasteiger partial charge in [0.1, 0.15) is 0 Å². The second-order valence-electron chi connectivity index (χ2n) is 5.61. The molecule has 0 bridgehead atoms. The van der Waals surface area contributed by atoms with Crippen molar-refractivity contribution in [2.75, 3.05) is 19.7 Å². The number of carbonyl (C=O) groups excluding carboxylic acids is 1. The fourth-order valence-electron chi connectivity index (χ4n) is 2.30. The van der Waals surface area contributed by atoms with Crippen molar-refractivity contribution < 1.29 is 9.90 Å². The SMILES string of the molecule is CCN(CC1CC1)C(=O)c1ccc(C)cc1C#CCCO. The van der Waals surface area contributed by atoms with E-state index in [1.807, 2.05) is 36.9 Å². The lowest BCUT2D eigenvalue weighted by molar-refractivity contribution is 0.0756. The van der Waals surface area contributed by atoms with Gasteiger partial charge in [-0.2, -0.15) is 0 Å². The summed E-state index contributed by atoms with van der Waals surface area (Å²) in [7, 11) is 0. The number of hydrogen-bond donors (Lipinski definition) is 1. The number of rotatable bonds is 5. The second-order valence-corrected chi connectivity index (χ2v) is 5.61. The Morgan fingerprint density at radius 1 is 1.43 bits per heavy atom. The zero-order chi connectivity index (χ0) is 15.2. The molecule has 112 valence electrons. The molecule has 1 amide bonds. The van der Waals surface area contributed by atoms with Gasteiger partial charge in [0.05, 0.1) is 12.2 Å². The average Bonchev–Trinajstić information content (AvgIpc) is 3.28. The summed E-state index contributed by atoms with van der Waals surface area (Å²) in [5, 5.41) is 8.83. The first kappa shape index (κ1) is 15.6. The van der Waals surface area contributed by atoms with Crippen LogP contribution in [0, 0.1) is 24.7 Å². The molecule has 3 nitrogen and oxygen atoms in total. The summed E-state index contributed by atoms with van der Waals surface area (Å²) >= 11 is 0. The van der Waals surface area contributed by atoms with E-state index in [2.05, 4.69) is 11.8 Å². The Kier molecular flexibility index (Phi) is 5.41. The Morgan fingerprint density at radius 3 is 2.81 bits per heavy atom. The molecular weight excluding hydrogens is 262 g/mol. The van der Waals surface area contributed by atoms with Crippen LogP contribution in [0.3, 0.4) is 0 Å². The lowest BCUT2D eigenvalue weighted by atomic mass is 10.0. The van der Waals surface area contributed by atoms with Crippen LogP contribution in [0.1, 0.15) is 47.7 Å². The highest BCUT2D eigenvalue weighted by molar-refractivity contribution is 5.96. The van der Waals surface area contributed by atoms with Gasteiger partial charge in [0, 0.05) is 25.1 Å². The van der Waals surface area contributed by atoms with Crippen molar-refractivity contribution in [1.82, 2.24) is 4.90 Å². The first-order chi connectivity index (χ1) is 10.2. The minimum atomic E-state index is 0.0465. The number of aryl methyl sites for hydroxylation is 1. The molecule has 1 aliphatic rings. The molecule has 3 heteroatoms. The molecule has 0 aliphatic heterocycles. The summed E-state index contributed by atoms with van der Waals surface area (Å²) in [5.74, 6) is 6.69. The normalized spacial score (nSPS) is 13.5. The number of carbonyl (C=O) groups is 1. The molecule has 21 heavy (non-hydrogen) atoms. The van der Waals surface area contributed by atoms with Gasteiger partial charge in [-0.05, 0) is 50.3 Å². The van der Waals surface area contributed by atoms with Gasteiger partial charge in [-0.15, -0.1) is 0 Å². The van der Waals surface area contributed by atoms with Crippen molar-refractivity contribution in [3.8, 4) is 11.8 Å². The molecule has 1 aliphatic carbocycles. The van der Waals surface area contributed by atoms with Crippen molar-refractivity contribution in [3.05, 3.63) is 34.9 Å². The molecule has 0 spiro atoms. The Morgan fingerprint density at radius 2 is 2.19 bits per heavy atom. The monoisotopic (exact) mass is 285 g/mol. The molecule has 0 aromatic heterocycles. The molecule has 1 fully saturated rings. The van der Waals surface area contributed by atoms with Crippen LogP contribution in [0.25, 0.3) is 0 Å². The van der Waals surface area contributed by atoms with Crippen LogP contribution >= 0.6 is 0 Å². The van der Waals surface area contributed by atoms with Crippen molar-refractivity contribution in [2.45, 2.75) is 33.1 Å². The molecule has 0 unspecified atom stereocenters. The lowest BCUT2D eigenvalue weighted by Gasteiger charge is -2.21.